The monoisotopic (exact) mass is 356 g/mol. The molecule has 1 saturated heterocycles. The number of aromatic nitrogens is 1. The molecule has 3 heterocycles. The zero-order chi connectivity index (χ0) is 15.7. The molecule has 6 nitrogen and oxygen atoms in total. The standard InChI is InChI=1S/C13H16N4O2S3/c1-16(22-20)8-5-10-9(13(18)19-2)6-15-11(17(10)7-8)12-14-3-4-21-12/h3-4,8,20H,5-7H2,1-2H3. The second-order valence-electron chi connectivity index (χ2n) is 4.99. The van der Waals surface area contributed by atoms with Crippen LogP contribution in [0.4, 0.5) is 0 Å². The summed E-state index contributed by atoms with van der Waals surface area (Å²) in [5.41, 5.74) is 1.63. The van der Waals surface area contributed by atoms with Crippen LogP contribution in [-0.2, 0) is 9.53 Å². The average molecular weight is 356 g/mol. The van der Waals surface area contributed by atoms with Crippen molar-refractivity contribution in [1.29, 1.82) is 0 Å². The van der Waals surface area contributed by atoms with Crippen LogP contribution >= 0.6 is 34.0 Å². The number of likely N-dealkylation sites (N-methyl/N-ethyl adjacent to an activating group) is 1. The molecule has 0 spiro atoms. The van der Waals surface area contributed by atoms with Crippen molar-refractivity contribution in [2.45, 2.75) is 12.5 Å². The number of thiazole rings is 1. The van der Waals surface area contributed by atoms with E-state index in [2.05, 4.69) is 30.8 Å². The molecule has 0 amide bonds. The van der Waals surface area contributed by atoms with Crippen LogP contribution in [0.1, 0.15) is 11.4 Å². The van der Waals surface area contributed by atoms with E-state index in [1.54, 1.807) is 17.5 Å². The predicted molar refractivity (Wildman–Crippen MR) is 92.0 cm³/mol. The molecule has 1 atom stereocenters. The Kier molecular flexibility index (Phi) is 4.76. The van der Waals surface area contributed by atoms with Crippen LogP contribution in [0.25, 0.3) is 0 Å². The van der Waals surface area contributed by atoms with Crippen molar-refractivity contribution in [3.05, 3.63) is 27.9 Å². The van der Waals surface area contributed by atoms with Gasteiger partial charge in [-0.15, -0.1) is 11.3 Å². The number of fused-ring (bicyclic) bond motifs is 1. The van der Waals surface area contributed by atoms with Crippen molar-refractivity contribution < 1.29 is 9.53 Å². The lowest BCUT2D eigenvalue weighted by molar-refractivity contribution is -0.136. The molecule has 118 valence electrons. The van der Waals surface area contributed by atoms with Gasteiger partial charge in [0.15, 0.2) is 10.8 Å². The quantitative estimate of drug-likeness (QED) is 0.384. The van der Waals surface area contributed by atoms with Crippen LogP contribution < -0.4 is 0 Å². The summed E-state index contributed by atoms with van der Waals surface area (Å²) in [4.78, 5) is 23.0. The highest BCUT2D eigenvalue weighted by Gasteiger charge is 2.38. The fourth-order valence-electron chi connectivity index (χ4n) is 2.68. The van der Waals surface area contributed by atoms with Crippen molar-refractivity contribution in [2.75, 3.05) is 27.2 Å². The van der Waals surface area contributed by atoms with Gasteiger partial charge in [-0.2, -0.15) is 0 Å². The van der Waals surface area contributed by atoms with E-state index in [4.69, 9.17) is 4.74 Å². The van der Waals surface area contributed by atoms with Crippen LogP contribution in [0.3, 0.4) is 0 Å². The third-order valence-electron chi connectivity index (χ3n) is 3.84. The Hall–Kier alpha value is -1.03. The first kappa shape index (κ1) is 15.9. The number of ether oxygens (including phenoxy) is 1. The summed E-state index contributed by atoms with van der Waals surface area (Å²) in [5.74, 6) is 0.543. The molecule has 9 heteroatoms. The SMILES string of the molecule is COC(=O)C1=C2CC(N(C)SS)CN2C(c2nccs2)=NC1. The van der Waals surface area contributed by atoms with Crippen molar-refractivity contribution in [3.63, 3.8) is 0 Å². The maximum atomic E-state index is 12.0. The van der Waals surface area contributed by atoms with Crippen LogP contribution in [0.5, 0.6) is 0 Å². The molecule has 0 bridgehead atoms. The van der Waals surface area contributed by atoms with E-state index in [1.165, 1.54) is 18.1 Å². The van der Waals surface area contributed by atoms with Crippen LogP contribution in [-0.4, -0.2) is 59.3 Å². The van der Waals surface area contributed by atoms with E-state index in [1.807, 2.05) is 12.4 Å². The molecule has 0 N–H and O–H groups in total. The lowest BCUT2D eigenvalue weighted by Crippen LogP contribution is -2.36. The number of amidine groups is 1. The summed E-state index contributed by atoms with van der Waals surface area (Å²) in [7, 11) is 4.80. The third-order valence-corrected chi connectivity index (χ3v) is 5.93. The molecular weight excluding hydrogens is 340 g/mol. The molecule has 22 heavy (non-hydrogen) atoms. The van der Waals surface area contributed by atoms with Crippen molar-refractivity contribution in [2.24, 2.45) is 4.99 Å². The smallest absolute Gasteiger partial charge is 0.337 e. The molecule has 1 fully saturated rings. The zero-order valence-electron chi connectivity index (χ0n) is 12.2. The Morgan fingerprint density at radius 2 is 2.45 bits per heavy atom. The molecule has 2 aliphatic rings. The lowest BCUT2D eigenvalue weighted by atomic mass is 10.1. The van der Waals surface area contributed by atoms with Crippen molar-refractivity contribution in [3.8, 4) is 0 Å². The van der Waals surface area contributed by atoms with Gasteiger partial charge in [-0.25, -0.2) is 14.1 Å². The molecular formula is C13H16N4O2S3. The molecule has 0 saturated carbocycles. The van der Waals surface area contributed by atoms with Gasteiger partial charge in [0, 0.05) is 36.3 Å². The number of thiol groups is 1. The molecule has 3 rings (SSSR count). The summed E-state index contributed by atoms with van der Waals surface area (Å²) >= 11 is 5.82. The Labute approximate surface area is 142 Å². The average Bonchev–Trinajstić information content (AvgIpc) is 3.21. The maximum absolute atomic E-state index is 12.0. The van der Waals surface area contributed by atoms with Gasteiger partial charge in [0.2, 0.25) is 0 Å². The number of hydrogen-bond acceptors (Lipinski definition) is 9. The first-order valence-electron chi connectivity index (χ1n) is 6.72. The van der Waals surface area contributed by atoms with Gasteiger partial charge in [-0.1, -0.05) is 11.7 Å². The number of methoxy groups -OCH3 is 1. The summed E-state index contributed by atoms with van der Waals surface area (Å²) in [6.07, 6.45) is 2.55. The second kappa shape index (κ2) is 6.61. The number of carbonyl (C=O) groups excluding carboxylic acids is 1. The normalized spacial score (nSPS) is 21.2. The maximum Gasteiger partial charge on any atom is 0.337 e. The van der Waals surface area contributed by atoms with E-state index in [0.29, 0.717) is 12.1 Å². The van der Waals surface area contributed by atoms with Gasteiger partial charge >= 0.3 is 5.97 Å². The van der Waals surface area contributed by atoms with E-state index < -0.39 is 0 Å². The van der Waals surface area contributed by atoms with E-state index >= 15 is 0 Å². The van der Waals surface area contributed by atoms with Crippen molar-refractivity contribution in [1.82, 2.24) is 14.2 Å². The third kappa shape index (κ3) is 2.78. The summed E-state index contributed by atoms with van der Waals surface area (Å²) < 4.78 is 6.99. The molecule has 1 aromatic heterocycles. The van der Waals surface area contributed by atoms with Gasteiger partial charge in [-0.05, 0) is 18.0 Å². The number of esters is 1. The zero-order valence-corrected chi connectivity index (χ0v) is 14.7. The Morgan fingerprint density at radius 1 is 1.64 bits per heavy atom. The molecule has 1 aromatic rings. The fourth-order valence-corrected chi connectivity index (χ4v) is 4.01. The lowest BCUT2D eigenvalue weighted by Gasteiger charge is -2.27. The minimum atomic E-state index is -0.302. The highest BCUT2D eigenvalue weighted by Crippen LogP contribution is 2.35. The highest BCUT2D eigenvalue weighted by atomic mass is 33.1. The fraction of sp³-hybridized carbons (Fsp3) is 0.462. The second-order valence-corrected chi connectivity index (χ2v) is 7.11. The molecule has 2 aliphatic heterocycles. The molecule has 0 radical (unpaired) electrons. The first-order valence-corrected chi connectivity index (χ1v) is 9.42. The van der Waals surface area contributed by atoms with Gasteiger partial charge in [0.05, 0.1) is 19.2 Å². The highest BCUT2D eigenvalue weighted by molar-refractivity contribution is 8.67. The van der Waals surface area contributed by atoms with Gasteiger partial charge in [0.25, 0.3) is 0 Å². The summed E-state index contributed by atoms with van der Waals surface area (Å²) in [5, 5.41) is 2.81. The number of rotatable bonds is 4. The molecule has 1 unspecified atom stereocenters. The van der Waals surface area contributed by atoms with Crippen LogP contribution in [0, 0.1) is 0 Å². The van der Waals surface area contributed by atoms with Crippen LogP contribution in [0.15, 0.2) is 27.8 Å². The summed E-state index contributed by atoms with van der Waals surface area (Å²) in [6, 6.07) is 0.264. The van der Waals surface area contributed by atoms with E-state index in [9.17, 15) is 4.79 Å². The van der Waals surface area contributed by atoms with Gasteiger partial charge in [0.1, 0.15) is 0 Å². The van der Waals surface area contributed by atoms with Crippen LogP contribution in [0.2, 0.25) is 0 Å². The number of hydrogen-bond donors (Lipinski definition) is 1. The van der Waals surface area contributed by atoms with Crippen molar-refractivity contribution >= 4 is 45.8 Å². The molecule has 0 aliphatic carbocycles. The first-order chi connectivity index (χ1) is 10.7. The Morgan fingerprint density at radius 3 is 3.09 bits per heavy atom. The van der Waals surface area contributed by atoms with E-state index in [-0.39, 0.29) is 12.0 Å². The minimum absolute atomic E-state index is 0.264. The number of aliphatic imine (C=N–C) groups is 1. The number of carbonyl (C=O) groups is 1. The summed E-state index contributed by atoms with van der Waals surface area (Å²) in [6.45, 7) is 1.11. The molecule has 0 aromatic carbocycles. The van der Waals surface area contributed by atoms with Gasteiger partial charge < -0.3 is 9.64 Å². The Balaban J connectivity index is 1.96. The number of nitrogens with zero attached hydrogens (tertiary/aromatic N) is 4. The largest absolute Gasteiger partial charge is 0.466 e. The Bertz CT molecular complexity index is 629. The van der Waals surface area contributed by atoms with Gasteiger partial charge in [-0.3, -0.25) is 4.99 Å². The van der Waals surface area contributed by atoms with E-state index in [0.717, 1.165) is 29.5 Å². The topological polar surface area (TPSA) is 58.0 Å². The minimum Gasteiger partial charge on any atom is -0.466 e. The predicted octanol–water partition coefficient (Wildman–Crippen LogP) is 1.83.